The molecule has 0 aliphatic carbocycles. The largest absolute Gasteiger partial charge is 0.492 e. The lowest BCUT2D eigenvalue weighted by Crippen LogP contribution is -1.93. The van der Waals surface area contributed by atoms with Gasteiger partial charge < -0.3 is 10.5 Å². The summed E-state index contributed by atoms with van der Waals surface area (Å²) in [6.07, 6.45) is 0. The van der Waals surface area contributed by atoms with E-state index in [9.17, 15) is 0 Å². The van der Waals surface area contributed by atoms with Gasteiger partial charge in [0.05, 0.1) is 11.3 Å². The molecule has 0 unspecified atom stereocenters. The quantitative estimate of drug-likeness (QED) is 0.767. The lowest BCUT2D eigenvalue weighted by molar-refractivity contribution is 0.345. The van der Waals surface area contributed by atoms with Gasteiger partial charge in [0.15, 0.2) is 0 Å². The minimum Gasteiger partial charge on any atom is -0.492 e. The first-order valence-electron chi connectivity index (χ1n) is 4.63. The van der Waals surface area contributed by atoms with E-state index in [1.54, 1.807) is 11.3 Å². The maximum absolute atomic E-state index is 5.79. The number of rotatable bonds is 2. The maximum Gasteiger partial charge on any atom is 0.139 e. The van der Waals surface area contributed by atoms with Crippen molar-refractivity contribution in [3.05, 3.63) is 23.1 Å². The van der Waals surface area contributed by atoms with E-state index in [2.05, 4.69) is 13.0 Å². The van der Waals surface area contributed by atoms with Crippen molar-refractivity contribution in [1.82, 2.24) is 0 Å². The highest BCUT2D eigenvalue weighted by Gasteiger charge is 2.06. The fraction of sp³-hybridized carbons (Fsp3) is 0.273. The molecule has 2 nitrogen and oxygen atoms in total. The van der Waals surface area contributed by atoms with Crippen LogP contribution in [-0.2, 0) is 0 Å². The zero-order chi connectivity index (χ0) is 10.1. The van der Waals surface area contributed by atoms with Gasteiger partial charge >= 0.3 is 0 Å². The number of hydrogen-bond acceptors (Lipinski definition) is 3. The third-order valence-corrected chi connectivity index (χ3v) is 3.11. The second kappa shape index (κ2) is 3.50. The summed E-state index contributed by atoms with van der Waals surface area (Å²) < 4.78 is 6.74. The van der Waals surface area contributed by atoms with E-state index in [0.29, 0.717) is 6.61 Å². The molecule has 0 atom stereocenters. The first-order chi connectivity index (χ1) is 6.70. The Hall–Kier alpha value is -1.22. The summed E-state index contributed by atoms with van der Waals surface area (Å²) in [7, 11) is 0. The molecule has 2 rings (SSSR count). The first-order valence-corrected chi connectivity index (χ1v) is 5.45. The summed E-state index contributed by atoms with van der Waals surface area (Å²) in [4.78, 5) is 1.28. The van der Waals surface area contributed by atoms with E-state index >= 15 is 0 Å². The Morgan fingerprint density at radius 2 is 2.14 bits per heavy atom. The Bertz CT molecular complexity index is 462. The number of anilines is 1. The van der Waals surface area contributed by atoms with Gasteiger partial charge in [0, 0.05) is 16.6 Å². The molecule has 74 valence electrons. The molecular formula is C11H13NOS. The van der Waals surface area contributed by atoms with E-state index in [1.165, 1.54) is 15.0 Å². The van der Waals surface area contributed by atoms with Crippen LogP contribution in [0.1, 0.15) is 11.8 Å². The van der Waals surface area contributed by atoms with Gasteiger partial charge in [0.25, 0.3) is 0 Å². The third-order valence-electron chi connectivity index (χ3n) is 2.03. The fourth-order valence-corrected chi connectivity index (χ4v) is 2.50. The summed E-state index contributed by atoms with van der Waals surface area (Å²) in [5.41, 5.74) is 6.55. The Labute approximate surface area is 87.3 Å². The molecule has 2 aromatic rings. The molecule has 3 heteroatoms. The number of ether oxygens (including phenoxy) is 1. The molecule has 0 saturated carbocycles. The molecule has 1 heterocycles. The topological polar surface area (TPSA) is 35.2 Å². The van der Waals surface area contributed by atoms with Gasteiger partial charge in [-0.25, -0.2) is 0 Å². The molecule has 1 aromatic carbocycles. The molecule has 0 spiro atoms. The van der Waals surface area contributed by atoms with Crippen LogP contribution in [0.5, 0.6) is 5.75 Å². The smallest absolute Gasteiger partial charge is 0.139 e. The Kier molecular flexibility index (Phi) is 2.33. The molecule has 14 heavy (non-hydrogen) atoms. The van der Waals surface area contributed by atoms with Gasteiger partial charge in [-0.15, -0.1) is 11.3 Å². The van der Waals surface area contributed by atoms with Crippen LogP contribution in [0.15, 0.2) is 18.2 Å². The van der Waals surface area contributed by atoms with Crippen LogP contribution >= 0.6 is 11.3 Å². The predicted molar refractivity (Wildman–Crippen MR) is 62.1 cm³/mol. The molecular weight excluding hydrogens is 194 g/mol. The molecule has 0 bridgehead atoms. The molecule has 1 aromatic heterocycles. The van der Waals surface area contributed by atoms with Crippen molar-refractivity contribution < 1.29 is 4.74 Å². The van der Waals surface area contributed by atoms with Crippen LogP contribution in [0.25, 0.3) is 10.1 Å². The normalized spacial score (nSPS) is 10.7. The summed E-state index contributed by atoms with van der Waals surface area (Å²) in [6.45, 7) is 4.75. The number of thiophene rings is 1. The van der Waals surface area contributed by atoms with E-state index in [4.69, 9.17) is 10.5 Å². The van der Waals surface area contributed by atoms with Crippen molar-refractivity contribution in [3.8, 4) is 5.75 Å². The standard InChI is InChI=1S/C11H13NOS/c1-3-13-10-6-9(12)5-8-4-7(2)14-11(8)10/h4-6H,3,12H2,1-2H3. The number of nitrogen functional groups attached to an aromatic ring is 1. The molecule has 2 N–H and O–H groups in total. The molecule has 0 aliphatic rings. The van der Waals surface area contributed by atoms with Crippen molar-refractivity contribution >= 4 is 27.1 Å². The number of benzene rings is 1. The lowest BCUT2D eigenvalue weighted by atomic mass is 10.2. The average Bonchev–Trinajstić information content (AvgIpc) is 2.45. The monoisotopic (exact) mass is 207 g/mol. The molecule has 0 amide bonds. The number of fused-ring (bicyclic) bond motifs is 1. The van der Waals surface area contributed by atoms with Crippen LogP contribution in [-0.4, -0.2) is 6.61 Å². The Morgan fingerprint density at radius 3 is 2.86 bits per heavy atom. The van der Waals surface area contributed by atoms with Crippen molar-refractivity contribution in [2.24, 2.45) is 0 Å². The second-order valence-corrected chi connectivity index (χ2v) is 4.48. The highest BCUT2D eigenvalue weighted by Crippen LogP contribution is 2.35. The average molecular weight is 207 g/mol. The van der Waals surface area contributed by atoms with Gasteiger partial charge in [-0.2, -0.15) is 0 Å². The minimum absolute atomic E-state index is 0.676. The first kappa shape index (κ1) is 9.34. The lowest BCUT2D eigenvalue weighted by Gasteiger charge is -2.05. The number of hydrogen-bond donors (Lipinski definition) is 1. The highest BCUT2D eigenvalue weighted by molar-refractivity contribution is 7.19. The van der Waals surface area contributed by atoms with E-state index < -0.39 is 0 Å². The van der Waals surface area contributed by atoms with Crippen LogP contribution < -0.4 is 10.5 Å². The number of aryl methyl sites for hydroxylation is 1. The maximum atomic E-state index is 5.79. The van der Waals surface area contributed by atoms with E-state index in [1.807, 2.05) is 19.1 Å². The predicted octanol–water partition coefficient (Wildman–Crippen LogP) is 3.19. The summed E-state index contributed by atoms with van der Waals surface area (Å²) in [5.74, 6) is 0.903. The Balaban J connectivity index is 2.66. The molecule has 0 radical (unpaired) electrons. The van der Waals surface area contributed by atoms with Gasteiger partial charge in [0.2, 0.25) is 0 Å². The van der Waals surface area contributed by atoms with Crippen molar-refractivity contribution in [2.45, 2.75) is 13.8 Å². The number of nitrogens with two attached hydrogens (primary N) is 1. The summed E-state index contributed by atoms with van der Waals surface area (Å²) in [5, 5.41) is 1.18. The van der Waals surface area contributed by atoms with Crippen molar-refractivity contribution in [2.75, 3.05) is 12.3 Å². The molecule has 0 aliphatic heterocycles. The van der Waals surface area contributed by atoms with Gasteiger partial charge in [0.1, 0.15) is 5.75 Å². The second-order valence-electron chi connectivity index (χ2n) is 3.23. The Morgan fingerprint density at radius 1 is 1.36 bits per heavy atom. The van der Waals surface area contributed by atoms with Crippen LogP contribution in [0.2, 0.25) is 0 Å². The van der Waals surface area contributed by atoms with E-state index in [0.717, 1.165) is 11.4 Å². The van der Waals surface area contributed by atoms with Crippen LogP contribution in [0, 0.1) is 6.92 Å². The zero-order valence-corrected chi connectivity index (χ0v) is 9.15. The summed E-state index contributed by atoms with van der Waals surface area (Å²) >= 11 is 1.75. The third kappa shape index (κ3) is 1.55. The molecule has 0 fully saturated rings. The van der Waals surface area contributed by atoms with E-state index in [-0.39, 0.29) is 0 Å². The zero-order valence-electron chi connectivity index (χ0n) is 8.33. The van der Waals surface area contributed by atoms with Crippen molar-refractivity contribution in [3.63, 3.8) is 0 Å². The highest BCUT2D eigenvalue weighted by atomic mass is 32.1. The van der Waals surface area contributed by atoms with Gasteiger partial charge in [-0.1, -0.05) is 0 Å². The SMILES string of the molecule is CCOc1cc(N)cc2cc(C)sc12. The summed E-state index contributed by atoms with van der Waals surface area (Å²) in [6, 6.07) is 6.02. The fourth-order valence-electron chi connectivity index (χ4n) is 1.53. The minimum atomic E-state index is 0.676. The van der Waals surface area contributed by atoms with Crippen LogP contribution in [0.3, 0.4) is 0 Å². The van der Waals surface area contributed by atoms with Crippen molar-refractivity contribution in [1.29, 1.82) is 0 Å². The van der Waals surface area contributed by atoms with Crippen LogP contribution in [0.4, 0.5) is 5.69 Å². The van der Waals surface area contributed by atoms with Gasteiger partial charge in [-0.3, -0.25) is 0 Å². The van der Waals surface area contributed by atoms with Gasteiger partial charge in [-0.05, 0) is 31.4 Å². The molecule has 0 saturated heterocycles.